The Balaban J connectivity index is 1.47. The zero-order chi connectivity index (χ0) is 19.2. The smallest absolute Gasteiger partial charge is 0.310 e. The van der Waals surface area contributed by atoms with Crippen LogP contribution in [0.3, 0.4) is 0 Å². The molecule has 140 valence electrons. The van der Waals surface area contributed by atoms with Gasteiger partial charge in [0.05, 0.1) is 6.42 Å². The van der Waals surface area contributed by atoms with E-state index < -0.39 is 11.9 Å². The average molecular weight is 366 g/mol. The molecule has 0 aromatic heterocycles. The molecule has 1 aliphatic rings. The minimum Gasteiger partial charge on any atom is -0.455 e. The minimum atomic E-state index is -0.442. The van der Waals surface area contributed by atoms with Gasteiger partial charge in [0.1, 0.15) is 0 Å². The topological polar surface area (TPSA) is 75.7 Å². The number of ether oxygens (including phenoxy) is 1. The first-order chi connectivity index (χ1) is 13.0. The number of hydrogen-bond acceptors (Lipinski definition) is 4. The molecule has 1 fully saturated rings. The number of nitrogens with zero attached hydrogens (tertiary/aromatic N) is 1. The summed E-state index contributed by atoms with van der Waals surface area (Å²) in [5.74, 6) is -0.729. The van der Waals surface area contributed by atoms with Crippen LogP contribution in [0.4, 0.5) is 11.4 Å². The molecule has 6 heteroatoms. The summed E-state index contributed by atoms with van der Waals surface area (Å²) in [6, 6.07) is 14.6. The molecular formula is C21H22N2O4. The Morgan fingerprint density at radius 2 is 1.85 bits per heavy atom. The second-order valence-corrected chi connectivity index (χ2v) is 6.51. The van der Waals surface area contributed by atoms with Crippen molar-refractivity contribution in [2.24, 2.45) is 0 Å². The molecule has 2 aromatic carbocycles. The molecule has 6 nitrogen and oxygen atoms in total. The van der Waals surface area contributed by atoms with Crippen LogP contribution >= 0.6 is 0 Å². The summed E-state index contributed by atoms with van der Waals surface area (Å²) in [6.07, 6.45) is 1.58. The molecule has 0 unspecified atom stereocenters. The molecule has 27 heavy (non-hydrogen) atoms. The highest BCUT2D eigenvalue weighted by atomic mass is 16.5. The van der Waals surface area contributed by atoms with Crippen LogP contribution in [0, 0.1) is 6.92 Å². The van der Waals surface area contributed by atoms with Gasteiger partial charge in [0.2, 0.25) is 5.91 Å². The SMILES string of the molecule is Cc1ccccc1CC(=O)OCC(=O)Nc1ccc(N2CCCC2=O)cc1. The third kappa shape index (κ3) is 4.94. The molecule has 1 saturated heterocycles. The van der Waals surface area contributed by atoms with E-state index in [1.807, 2.05) is 31.2 Å². The fourth-order valence-electron chi connectivity index (χ4n) is 3.00. The summed E-state index contributed by atoms with van der Waals surface area (Å²) < 4.78 is 5.05. The van der Waals surface area contributed by atoms with Gasteiger partial charge in [-0.15, -0.1) is 0 Å². The van der Waals surface area contributed by atoms with Crippen molar-refractivity contribution in [2.45, 2.75) is 26.2 Å². The van der Waals surface area contributed by atoms with Crippen LogP contribution in [-0.4, -0.2) is 30.9 Å². The summed E-state index contributed by atoms with van der Waals surface area (Å²) in [4.78, 5) is 37.4. The van der Waals surface area contributed by atoms with Gasteiger partial charge in [-0.2, -0.15) is 0 Å². The van der Waals surface area contributed by atoms with E-state index in [0.717, 1.165) is 29.8 Å². The minimum absolute atomic E-state index is 0.118. The number of nitrogens with one attached hydrogen (secondary N) is 1. The van der Waals surface area contributed by atoms with Gasteiger partial charge in [0.25, 0.3) is 5.91 Å². The maximum atomic E-state index is 12.0. The largest absolute Gasteiger partial charge is 0.455 e. The van der Waals surface area contributed by atoms with Gasteiger partial charge in [-0.05, 0) is 48.7 Å². The fourth-order valence-corrected chi connectivity index (χ4v) is 3.00. The lowest BCUT2D eigenvalue weighted by Gasteiger charge is -2.16. The van der Waals surface area contributed by atoms with Gasteiger partial charge >= 0.3 is 5.97 Å². The van der Waals surface area contributed by atoms with Gasteiger partial charge in [0.15, 0.2) is 6.61 Å². The van der Waals surface area contributed by atoms with Crippen molar-refractivity contribution >= 4 is 29.2 Å². The molecule has 1 aliphatic heterocycles. The molecule has 2 amide bonds. The number of carbonyl (C=O) groups excluding carboxylic acids is 3. The predicted octanol–water partition coefficient (Wildman–Crippen LogP) is 2.85. The average Bonchev–Trinajstić information content (AvgIpc) is 3.09. The second kappa shape index (κ2) is 8.49. The van der Waals surface area contributed by atoms with Crippen molar-refractivity contribution in [3.8, 4) is 0 Å². The van der Waals surface area contributed by atoms with Crippen LogP contribution in [0.2, 0.25) is 0 Å². The van der Waals surface area contributed by atoms with Crippen molar-refractivity contribution in [1.29, 1.82) is 0 Å². The van der Waals surface area contributed by atoms with Crippen molar-refractivity contribution in [1.82, 2.24) is 0 Å². The van der Waals surface area contributed by atoms with E-state index in [1.54, 1.807) is 29.2 Å². The van der Waals surface area contributed by atoms with Crippen molar-refractivity contribution in [2.75, 3.05) is 23.4 Å². The number of aryl methyl sites for hydroxylation is 1. The maximum absolute atomic E-state index is 12.0. The van der Waals surface area contributed by atoms with Crippen LogP contribution < -0.4 is 10.2 Å². The quantitative estimate of drug-likeness (QED) is 0.798. The maximum Gasteiger partial charge on any atom is 0.310 e. The van der Waals surface area contributed by atoms with Crippen LogP contribution in [0.25, 0.3) is 0 Å². The standard InChI is InChI=1S/C21H22N2O4/c1-15-5-2-3-6-16(15)13-21(26)27-14-19(24)22-17-8-10-18(11-9-17)23-12-4-7-20(23)25/h2-3,5-6,8-11H,4,7,12-14H2,1H3,(H,22,24). The number of carbonyl (C=O) groups is 3. The molecule has 0 aliphatic carbocycles. The van der Waals surface area contributed by atoms with Crippen molar-refractivity contribution in [3.05, 3.63) is 59.7 Å². The van der Waals surface area contributed by atoms with Gasteiger partial charge in [-0.3, -0.25) is 14.4 Å². The lowest BCUT2D eigenvalue weighted by Crippen LogP contribution is -2.24. The zero-order valence-electron chi connectivity index (χ0n) is 15.2. The highest BCUT2D eigenvalue weighted by Crippen LogP contribution is 2.23. The number of anilines is 2. The number of esters is 1. The molecule has 1 heterocycles. The van der Waals surface area contributed by atoms with E-state index in [1.165, 1.54) is 0 Å². The summed E-state index contributed by atoms with van der Waals surface area (Å²) >= 11 is 0. The zero-order valence-corrected chi connectivity index (χ0v) is 15.2. The molecule has 3 rings (SSSR count). The third-order valence-electron chi connectivity index (χ3n) is 4.50. The Morgan fingerprint density at radius 1 is 1.11 bits per heavy atom. The van der Waals surface area contributed by atoms with Gasteiger partial charge in [0, 0.05) is 24.3 Å². The molecule has 0 bridgehead atoms. The van der Waals surface area contributed by atoms with Gasteiger partial charge in [-0.1, -0.05) is 24.3 Å². The van der Waals surface area contributed by atoms with E-state index >= 15 is 0 Å². The third-order valence-corrected chi connectivity index (χ3v) is 4.50. The number of hydrogen-bond donors (Lipinski definition) is 1. The van der Waals surface area contributed by atoms with E-state index in [-0.39, 0.29) is 18.9 Å². The second-order valence-electron chi connectivity index (χ2n) is 6.51. The molecular weight excluding hydrogens is 344 g/mol. The monoisotopic (exact) mass is 366 g/mol. The summed E-state index contributed by atoms with van der Waals surface area (Å²) in [7, 11) is 0. The Labute approximate surface area is 158 Å². The number of benzene rings is 2. The molecule has 2 aromatic rings. The van der Waals surface area contributed by atoms with Crippen LogP contribution in [0.5, 0.6) is 0 Å². The molecule has 0 spiro atoms. The Hall–Kier alpha value is -3.15. The molecule has 1 N–H and O–H groups in total. The Kier molecular flexibility index (Phi) is 5.86. The number of amides is 2. The summed E-state index contributed by atoms with van der Waals surface area (Å²) in [5, 5.41) is 2.68. The normalized spacial score (nSPS) is 13.5. The van der Waals surface area contributed by atoms with E-state index in [9.17, 15) is 14.4 Å². The Bertz CT molecular complexity index is 846. The summed E-state index contributed by atoms with van der Waals surface area (Å²) in [5.41, 5.74) is 3.30. The number of rotatable bonds is 6. The predicted molar refractivity (Wildman–Crippen MR) is 103 cm³/mol. The molecule has 0 radical (unpaired) electrons. The molecule has 0 atom stereocenters. The fraction of sp³-hybridized carbons (Fsp3) is 0.286. The lowest BCUT2D eigenvalue weighted by molar-refractivity contribution is -0.146. The first kappa shape index (κ1) is 18.6. The summed E-state index contributed by atoms with van der Waals surface area (Å²) in [6.45, 7) is 2.31. The Morgan fingerprint density at radius 3 is 2.52 bits per heavy atom. The highest BCUT2D eigenvalue weighted by molar-refractivity contribution is 5.96. The van der Waals surface area contributed by atoms with E-state index in [0.29, 0.717) is 12.1 Å². The van der Waals surface area contributed by atoms with Gasteiger partial charge in [-0.25, -0.2) is 0 Å². The van der Waals surface area contributed by atoms with Gasteiger partial charge < -0.3 is 15.0 Å². The molecule has 0 saturated carbocycles. The van der Waals surface area contributed by atoms with Crippen molar-refractivity contribution in [3.63, 3.8) is 0 Å². The highest BCUT2D eigenvalue weighted by Gasteiger charge is 2.21. The van der Waals surface area contributed by atoms with Crippen molar-refractivity contribution < 1.29 is 19.1 Å². The van der Waals surface area contributed by atoms with E-state index in [4.69, 9.17) is 4.74 Å². The van der Waals surface area contributed by atoms with Crippen LogP contribution in [0.1, 0.15) is 24.0 Å². The van der Waals surface area contributed by atoms with E-state index in [2.05, 4.69) is 5.32 Å². The van der Waals surface area contributed by atoms with Crippen LogP contribution in [0.15, 0.2) is 48.5 Å². The first-order valence-electron chi connectivity index (χ1n) is 8.93. The first-order valence-corrected chi connectivity index (χ1v) is 8.93. The van der Waals surface area contributed by atoms with Crippen LogP contribution in [-0.2, 0) is 25.5 Å². The lowest BCUT2D eigenvalue weighted by atomic mass is 10.1.